The van der Waals surface area contributed by atoms with Crippen LogP contribution in [0.5, 0.6) is 0 Å². The van der Waals surface area contributed by atoms with E-state index in [1.54, 1.807) is 13.2 Å². The lowest BCUT2D eigenvalue weighted by atomic mass is 9.96. The van der Waals surface area contributed by atoms with E-state index in [0.29, 0.717) is 6.04 Å². The van der Waals surface area contributed by atoms with Crippen LogP contribution in [0.4, 0.5) is 11.5 Å². The number of piperazine rings is 1. The number of ether oxygens (including phenoxy) is 1. The topological polar surface area (TPSA) is 60.6 Å². The van der Waals surface area contributed by atoms with Crippen molar-refractivity contribution in [3.05, 3.63) is 22.5 Å². The van der Waals surface area contributed by atoms with Crippen molar-refractivity contribution in [2.75, 3.05) is 43.1 Å². The molecule has 1 aromatic rings. The second-order valence-corrected chi connectivity index (χ2v) is 7.49. The van der Waals surface area contributed by atoms with E-state index >= 15 is 0 Å². The van der Waals surface area contributed by atoms with Crippen LogP contribution in [0.2, 0.25) is 0 Å². The van der Waals surface area contributed by atoms with Crippen LogP contribution in [0.1, 0.15) is 33.6 Å². The molecule has 6 heteroatoms. The van der Waals surface area contributed by atoms with E-state index in [-0.39, 0.29) is 17.2 Å². The number of aromatic nitrogens is 1. The summed E-state index contributed by atoms with van der Waals surface area (Å²) in [5, 5.41) is 3.40. The van der Waals surface area contributed by atoms with Gasteiger partial charge in [-0.15, -0.1) is 0 Å². The molecule has 0 saturated carbocycles. The van der Waals surface area contributed by atoms with E-state index in [9.17, 15) is 4.79 Å². The Morgan fingerprint density at radius 1 is 1.25 bits per heavy atom. The molecular weight excluding hydrogens is 304 g/mol. The second-order valence-electron chi connectivity index (χ2n) is 7.49. The van der Waals surface area contributed by atoms with Crippen molar-refractivity contribution in [1.29, 1.82) is 0 Å². The van der Waals surface area contributed by atoms with Crippen molar-refractivity contribution in [3.63, 3.8) is 0 Å². The monoisotopic (exact) mass is 334 g/mol. The van der Waals surface area contributed by atoms with Crippen molar-refractivity contribution < 1.29 is 4.74 Å². The van der Waals surface area contributed by atoms with Crippen LogP contribution in [0.3, 0.4) is 0 Å². The normalized spacial score (nSPS) is 25.3. The Labute approximate surface area is 144 Å². The van der Waals surface area contributed by atoms with E-state index in [2.05, 4.69) is 46.9 Å². The number of aromatic amines is 1. The molecule has 3 rings (SSSR count). The molecule has 0 bridgehead atoms. The third-order valence-corrected chi connectivity index (χ3v) is 5.54. The predicted molar refractivity (Wildman–Crippen MR) is 98.2 cm³/mol. The average Bonchev–Trinajstić information content (AvgIpc) is 3.05. The minimum absolute atomic E-state index is 0.0332. The fourth-order valence-electron chi connectivity index (χ4n) is 3.97. The summed E-state index contributed by atoms with van der Waals surface area (Å²) in [5.74, 6) is 0.913. The van der Waals surface area contributed by atoms with Gasteiger partial charge in [0.25, 0.3) is 5.56 Å². The third-order valence-electron chi connectivity index (χ3n) is 5.54. The largest absolute Gasteiger partial charge is 0.377 e. The van der Waals surface area contributed by atoms with Crippen molar-refractivity contribution >= 4 is 11.5 Å². The highest BCUT2D eigenvalue weighted by molar-refractivity contribution is 5.57. The SMILES string of the molecule is COC(C)(C)C1CCCN1c1cc(N2CCNC[C@H]2C)cc(=O)[nH]1. The fourth-order valence-corrected chi connectivity index (χ4v) is 3.97. The number of rotatable bonds is 4. The third kappa shape index (κ3) is 3.30. The Kier molecular flexibility index (Phi) is 4.88. The molecule has 2 atom stereocenters. The number of hydrogen-bond donors (Lipinski definition) is 2. The molecule has 2 aliphatic rings. The van der Waals surface area contributed by atoms with Gasteiger partial charge < -0.3 is 24.8 Å². The first-order valence-corrected chi connectivity index (χ1v) is 8.96. The zero-order valence-corrected chi connectivity index (χ0v) is 15.3. The number of methoxy groups -OCH3 is 1. The van der Waals surface area contributed by atoms with Gasteiger partial charge in [0.05, 0.1) is 11.6 Å². The van der Waals surface area contributed by atoms with Crippen molar-refractivity contribution in [2.45, 2.75) is 51.3 Å². The molecular formula is C18H30N4O2. The summed E-state index contributed by atoms with van der Waals surface area (Å²) in [7, 11) is 1.76. The molecule has 0 radical (unpaired) electrons. The Morgan fingerprint density at radius 2 is 2.04 bits per heavy atom. The molecule has 2 aliphatic heterocycles. The lowest BCUT2D eigenvalue weighted by Gasteiger charge is -2.39. The maximum atomic E-state index is 12.3. The molecule has 2 saturated heterocycles. The quantitative estimate of drug-likeness (QED) is 0.875. The van der Waals surface area contributed by atoms with Gasteiger partial charge in [-0.25, -0.2) is 0 Å². The smallest absolute Gasteiger partial charge is 0.251 e. The lowest BCUT2D eigenvalue weighted by Crippen LogP contribution is -2.50. The highest BCUT2D eigenvalue weighted by Gasteiger charge is 2.38. The van der Waals surface area contributed by atoms with E-state index in [1.165, 1.54) is 0 Å². The number of anilines is 2. The van der Waals surface area contributed by atoms with E-state index in [4.69, 9.17) is 4.74 Å². The summed E-state index contributed by atoms with van der Waals surface area (Å²) >= 11 is 0. The number of nitrogens with zero attached hydrogens (tertiary/aromatic N) is 2. The summed E-state index contributed by atoms with van der Waals surface area (Å²) in [5.41, 5.74) is 0.740. The van der Waals surface area contributed by atoms with Gasteiger partial charge in [-0.2, -0.15) is 0 Å². The first-order valence-electron chi connectivity index (χ1n) is 8.96. The molecule has 1 unspecified atom stereocenters. The summed E-state index contributed by atoms with van der Waals surface area (Å²) in [6, 6.07) is 4.51. The van der Waals surface area contributed by atoms with Gasteiger partial charge in [-0.3, -0.25) is 4.79 Å². The van der Waals surface area contributed by atoms with Crippen LogP contribution < -0.4 is 20.7 Å². The van der Waals surface area contributed by atoms with E-state index in [1.807, 2.05) is 0 Å². The standard InChI is InChI=1S/C18H30N4O2/c1-13-12-19-7-9-21(13)14-10-16(20-17(23)11-14)22-8-5-6-15(22)18(2,3)24-4/h10-11,13,15,19H,5-9,12H2,1-4H3,(H,20,23)/t13-,15?/m1/s1. The van der Waals surface area contributed by atoms with Crippen molar-refractivity contribution in [2.24, 2.45) is 0 Å². The Bertz CT molecular complexity index is 628. The number of H-pyrrole nitrogens is 1. The maximum Gasteiger partial charge on any atom is 0.251 e. The molecule has 1 aromatic heterocycles. The maximum absolute atomic E-state index is 12.3. The molecule has 2 N–H and O–H groups in total. The van der Waals surface area contributed by atoms with Crippen LogP contribution in [-0.2, 0) is 4.74 Å². The van der Waals surface area contributed by atoms with Gasteiger partial charge in [-0.1, -0.05) is 0 Å². The Morgan fingerprint density at radius 3 is 2.75 bits per heavy atom. The van der Waals surface area contributed by atoms with Crippen LogP contribution in [0.15, 0.2) is 16.9 Å². The molecule has 0 spiro atoms. The highest BCUT2D eigenvalue weighted by Crippen LogP contribution is 2.33. The molecule has 6 nitrogen and oxygen atoms in total. The predicted octanol–water partition coefficient (Wildman–Crippen LogP) is 1.57. The van der Waals surface area contributed by atoms with Crippen molar-refractivity contribution in [1.82, 2.24) is 10.3 Å². The zero-order chi connectivity index (χ0) is 17.3. The van der Waals surface area contributed by atoms with E-state index < -0.39 is 0 Å². The first kappa shape index (κ1) is 17.3. The average molecular weight is 334 g/mol. The number of nitrogens with one attached hydrogen (secondary N) is 2. The first-order chi connectivity index (χ1) is 11.4. The molecule has 0 aliphatic carbocycles. The van der Waals surface area contributed by atoms with E-state index in [0.717, 1.165) is 50.5 Å². The zero-order valence-electron chi connectivity index (χ0n) is 15.3. The summed E-state index contributed by atoms with van der Waals surface area (Å²) in [4.78, 5) is 20.0. The van der Waals surface area contributed by atoms with Crippen LogP contribution in [0.25, 0.3) is 0 Å². The Hall–Kier alpha value is -1.53. The van der Waals surface area contributed by atoms with Crippen LogP contribution >= 0.6 is 0 Å². The van der Waals surface area contributed by atoms with Crippen LogP contribution in [0, 0.1) is 0 Å². The lowest BCUT2D eigenvalue weighted by molar-refractivity contribution is 0.00178. The number of pyridine rings is 1. The van der Waals surface area contributed by atoms with Gasteiger partial charge in [0.15, 0.2) is 0 Å². The van der Waals surface area contributed by atoms with Gasteiger partial charge in [0.1, 0.15) is 5.82 Å². The van der Waals surface area contributed by atoms with Gasteiger partial charge >= 0.3 is 0 Å². The molecule has 24 heavy (non-hydrogen) atoms. The number of hydrogen-bond acceptors (Lipinski definition) is 5. The van der Waals surface area contributed by atoms with Gasteiger partial charge in [0, 0.05) is 57.2 Å². The minimum atomic E-state index is -0.244. The molecule has 2 fully saturated rings. The van der Waals surface area contributed by atoms with Gasteiger partial charge in [-0.05, 0) is 33.6 Å². The highest BCUT2D eigenvalue weighted by atomic mass is 16.5. The van der Waals surface area contributed by atoms with Crippen molar-refractivity contribution in [3.8, 4) is 0 Å². The summed E-state index contributed by atoms with van der Waals surface area (Å²) < 4.78 is 5.71. The molecule has 3 heterocycles. The molecule has 0 amide bonds. The van der Waals surface area contributed by atoms with Gasteiger partial charge in [0.2, 0.25) is 0 Å². The minimum Gasteiger partial charge on any atom is -0.377 e. The van der Waals surface area contributed by atoms with Crippen LogP contribution in [-0.4, -0.2) is 56.0 Å². The second kappa shape index (κ2) is 6.76. The molecule has 134 valence electrons. The fraction of sp³-hybridized carbons (Fsp3) is 0.722. The summed E-state index contributed by atoms with van der Waals surface area (Å²) in [6.07, 6.45) is 2.20. The molecule has 0 aromatic carbocycles. The summed E-state index contributed by atoms with van der Waals surface area (Å²) in [6.45, 7) is 10.2. The Balaban J connectivity index is 1.92.